The number of halogens is 1. The van der Waals surface area contributed by atoms with E-state index in [-0.39, 0.29) is 23.3 Å². The van der Waals surface area contributed by atoms with Crippen LogP contribution in [0.2, 0.25) is 5.02 Å². The van der Waals surface area contributed by atoms with Crippen molar-refractivity contribution in [3.8, 4) is 6.07 Å². The molecule has 6 fully saturated rings. The van der Waals surface area contributed by atoms with E-state index in [9.17, 15) is 19.6 Å². The molecule has 3 aromatic rings. The van der Waals surface area contributed by atoms with Crippen molar-refractivity contribution in [2.24, 2.45) is 5.41 Å². The second-order valence-electron chi connectivity index (χ2n) is 17.4. The maximum Gasteiger partial charge on any atom is 0.328 e. The van der Waals surface area contributed by atoms with Gasteiger partial charge in [-0.1, -0.05) is 11.6 Å². The van der Waals surface area contributed by atoms with Gasteiger partial charge in [0.25, 0.3) is 5.91 Å². The van der Waals surface area contributed by atoms with Crippen molar-refractivity contribution in [2.45, 2.75) is 63.6 Å². The van der Waals surface area contributed by atoms with Crippen molar-refractivity contribution in [2.75, 3.05) is 98.1 Å². The molecule has 9 rings (SSSR count). The number of urea groups is 1. The molecule has 1 N–H and O–H groups in total. The van der Waals surface area contributed by atoms with Crippen LogP contribution in [0.1, 0.15) is 61.4 Å². The van der Waals surface area contributed by atoms with E-state index in [1.165, 1.54) is 11.4 Å². The van der Waals surface area contributed by atoms with Crippen molar-refractivity contribution in [3.63, 3.8) is 0 Å². The summed E-state index contributed by atoms with van der Waals surface area (Å²) in [6.07, 6.45) is 5.80. The van der Waals surface area contributed by atoms with Crippen LogP contribution in [-0.2, 0) is 4.79 Å². The minimum atomic E-state index is -0.350. The second-order valence-corrected chi connectivity index (χ2v) is 17.8. The smallest absolute Gasteiger partial charge is 0.328 e. The summed E-state index contributed by atoms with van der Waals surface area (Å²) in [4.78, 5) is 53.6. The number of piperazine rings is 1. The number of hydrogen-bond donors (Lipinski definition) is 1. The van der Waals surface area contributed by atoms with Gasteiger partial charge in [-0.3, -0.25) is 29.6 Å². The number of nitriles is 1. The standard InChI is InChI=1S/C45H54ClN9O3/c1-32-27-45(31-55(32)39-7-4-34(28-47)41(46)26-39)15-20-49(21-16-45)35-5-2-33(3-6-35)43(57)52-17-12-37(13-18-52)53-29-40(30-53)51-24-22-50(23-25-51)36-8-10-38(11-9-36)54-19-14-42(56)48-44(54)58/h2-11,26,32,37,40H,12-25,27,29-31H2,1H3,(H,48,56,58)/t32-/m0/s1. The third-order valence-electron chi connectivity index (χ3n) is 14.0. The maximum absolute atomic E-state index is 13.6. The lowest BCUT2D eigenvalue weighted by molar-refractivity contribution is -0.120. The largest absolute Gasteiger partial charge is 0.371 e. The highest BCUT2D eigenvalue weighted by Crippen LogP contribution is 2.46. The van der Waals surface area contributed by atoms with Crippen LogP contribution >= 0.6 is 11.6 Å². The Morgan fingerprint density at radius 2 is 1.38 bits per heavy atom. The van der Waals surface area contributed by atoms with Crippen LogP contribution in [0.3, 0.4) is 0 Å². The number of likely N-dealkylation sites (tertiary alicyclic amines) is 2. The molecule has 6 aliphatic heterocycles. The Morgan fingerprint density at radius 1 is 0.759 bits per heavy atom. The fourth-order valence-corrected chi connectivity index (χ4v) is 10.7. The SMILES string of the molecule is C[C@H]1CC2(CCN(c3ccc(C(=O)N4CCC(N5CC(N6CCN(c7ccc(N8CCC(=O)NC8=O)cc7)CC6)C5)CC4)cc3)CC2)CN1c1ccc(C#N)c(Cl)c1. The highest BCUT2D eigenvalue weighted by molar-refractivity contribution is 6.32. The Hall–Kier alpha value is -4.83. The first-order chi connectivity index (χ1) is 28.1. The van der Waals surface area contributed by atoms with Gasteiger partial charge in [-0.2, -0.15) is 5.26 Å². The quantitative estimate of drug-likeness (QED) is 0.324. The number of anilines is 4. The normalized spacial score (nSPS) is 23.6. The van der Waals surface area contributed by atoms with Crippen LogP contribution in [-0.4, -0.2) is 129 Å². The lowest BCUT2D eigenvalue weighted by Crippen LogP contribution is -2.66. The Kier molecular flexibility index (Phi) is 10.7. The van der Waals surface area contributed by atoms with Gasteiger partial charge in [-0.15, -0.1) is 0 Å². The Labute approximate surface area is 346 Å². The summed E-state index contributed by atoms with van der Waals surface area (Å²) in [7, 11) is 0. The van der Waals surface area contributed by atoms with Crippen LogP contribution < -0.4 is 24.9 Å². The van der Waals surface area contributed by atoms with E-state index < -0.39 is 0 Å². The zero-order chi connectivity index (χ0) is 40.0. The van der Waals surface area contributed by atoms with Crippen LogP contribution in [0.4, 0.5) is 27.5 Å². The molecule has 1 spiro atoms. The summed E-state index contributed by atoms with van der Waals surface area (Å²) in [6, 6.07) is 25.6. The number of imide groups is 1. The van der Waals surface area contributed by atoms with Gasteiger partial charge in [0.15, 0.2) is 0 Å². The molecule has 13 heteroatoms. The Bertz CT molecular complexity index is 2040. The van der Waals surface area contributed by atoms with E-state index in [0.29, 0.717) is 41.7 Å². The summed E-state index contributed by atoms with van der Waals surface area (Å²) in [5.74, 6) is -0.0712. The van der Waals surface area contributed by atoms with Crippen LogP contribution in [0.5, 0.6) is 0 Å². The average Bonchev–Trinajstić information content (AvgIpc) is 3.55. The summed E-state index contributed by atoms with van der Waals surface area (Å²) in [5.41, 5.74) is 5.86. The number of nitrogens with one attached hydrogen (secondary N) is 1. The average molecular weight is 804 g/mol. The number of benzene rings is 3. The van der Waals surface area contributed by atoms with Gasteiger partial charge in [-0.05, 0) is 111 Å². The molecule has 1 atom stereocenters. The van der Waals surface area contributed by atoms with Crippen molar-refractivity contribution in [3.05, 3.63) is 82.9 Å². The van der Waals surface area contributed by atoms with E-state index in [1.807, 2.05) is 42.5 Å². The van der Waals surface area contributed by atoms with E-state index in [0.717, 1.165) is 121 Å². The second kappa shape index (κ2) is 16.1. The first-order valence-corrected chi connectivity index (χ1v) is 21.6. The first kappa shape index (κ1) is 38.7. The molecule has 6 saturated heterocycles. The third-order valence-corrected chi connectivity index (χ3v) is 14.4. The van der Waals surface area contributed by atoms with Gasteiger partial charge in [0.2, 0.25) is 5.91 Å². The summed E-state index contributed by atoms with van der Waals surface area (Å²) < 4.78 is 0. The molecule has 58 heavy (non-hydrogen) atoms. The Morgan fingerprint density at radius 3 is 2.02 bits per heavy atom. The third kappa shape index (κ3) is 7.72. The molecule has 0 radical (unpaired) electrons. The summed E-state index contributed by atoms with van der Waals surface area (Å²) in [5, 5.41) is 12.2. The molecule has 3 aromatic carbocycles. The fourth-order valence-electron chi connectivity index (χ4n) is 10.5. The highest BCUT2D eigenvalue weighted by atomic mass is 35.5. The number of amides is 4. The minimum absolute atomic E-state index is 0.146. The molecule has 0 aromatic heterocycles. The topological polar surface area (TPSA) is 110 Å². The molecule has 0 unspecified atom stereocenters. The van der Waals surface area contributed by atoms with Crippen LogP contribution in [0, 0.1) is 16.7 Å². The fraction of sp³-hybridized carbons (Fsp3) is 0.511. The van der Waals surface area contributed by atoms with Crippen molar-refractivity contribution >= 4 is 52.2 Å². The van der Waals surface area contributed by atoms with Crippen LogP contribution in [0.15, 0.2) is 66.7 Å². The zero-order valence-electron chi connectivity index (χ0n) is 33.5. The van der Waals surface area contributed by atoms with Gasteiger partial charge in [0, 0.05) is 131 Å². The van der Waals surface area contributed by atoms with Gasteiger partial charge in [-0.25, -0.2) is 4.79 Å². The van der Waals surface area contributed by atoms with Gasteiger partial charge < -0.3 is 19.6 Å². The number of rotatable bonds is 7. The lowest BCUT2D eigenvalue weighted by atomic mass is 9.76. The number of carbonyl (C=O) groups is 3. The molecule has 4 amide bonds. The first-order valence-electron chi connectivity index (χ1n) is 21.2. The van der Waals surface area contributed by atoms with Gasteiger partial charge in [0.05, 0.1) is 10.6 Å². The summed E-state index contributed by atoms with van der Waals surface area (Å²) in [6.45, 7) is 13.6. The minimum Gasteiger partial charge on any atom is -0.371 e. The predicted molar refractivity (Wildman–Crippen MR) is 228 cm³/mol. The highest BCUT2D eigenvalue weighted by Gasteiger charge is 2.44. The van der Waals surface area contributed by atoms with Crippen LogP contribution in [0.25, 0.3) is 0 Å². The number of carbonyl (C=O) groups excluding carboxylic acids is 3. The molecule has 12 nitrogen and oxygen atoms in total. The molecule has 304 valence electrons. The number of nitrogens with zero attached hydrogens (tertiary/aromatic N) is 8. The Balaban J connectivity index is 0.691. The molecule has 6 heterocycles. The van der Waals surface area contributed by atoms with E-state index >= 15 is 0 Å². The predicted octanol–water partition coefficient (Wildman–Crippen LogP) is 5.65. The van der Waals surface area contributed by atoms with E-state index in [2.05, 4.69) is 72.0 Å². The molecular weight excluding hydrogens is 750 g/mol. The monoisotopic (exact) mass is 803 g/mol. The van der Waals surface area contributed by atoms with E-state index in [4.69, 9.17) is 11.6 Å². The molecule has 0 bridgehead atoms. The van der Waals surface area contributed by atoms with Crippen molar-refractivity contribution in [1.29, 1.82) is 5.26 Å². The zero-order valence-corrected chi connectivity index (χ0v) is 34.2. The molecule has 0 aliphatic carbocycles. The lowest BCUT2D eigenvalue weighted by Gasteiger charge is -2.52. The molecule has 6 aliphatic rings. The van der Waals surface area contributed by atoms with Gasteiger partial charge in [0.1, 0.15) is 6.07 Å². The van der Waals surface area contributed by atoms with Crippen molar-refractivity contribution in [1.82, 2.24) is 20.0 Å². The molecular formula is C45H54ClN9O3. The molecule has 0 saturated carbocycles. The van der Waals surface area contributed by atoms with E-state index in [1.54, 1.807) is 4.90 Å². The van der Waals surface area contributed by atoms with Crippen molar-refractivity contribution < 1.29 is 14.4 Å². The number of piperidine rings is 2. The number of hydrogen-bond acceptors (Lipinski definition) is 9. The van der Waals surface area contributed by atoms with Gasteiger partial charge >= 0.3 is 6.03 Å². The summed E-state index contributed by atoms with van der Waals surface area (Å²) >= 11 is 6.39. The maximum atomic E-state index is 13.6.